The van der Waals surface area contributed by atoms with Crippen molar-refractivity contribution in [1.82, 2.24) is 18.9 Å². The van der Waals surface area contributed by atoms with Gasteiger partial charge in [0.1, 0.15) is 0 Å². The smallest absolute Gasteiger partial charge is 0.293 e. The predicted octanol–water partition coefficient (Wildman–Crippen LogP) is 1.02. The van der Waals surface area contributed by atoms with Gasteiger partial charge in [-0.05, 0) is 13.8 Å². The first-order chi connectivity index (χ1) is 10.9. The number of carbonyl (C=O) groups is 1. The molecule has 7 nitrogen and oxygen atoms in total. The maximum absolute atomic E-state index is 12.6. The van der Waals surface area contributed by atoms with Gasteiger partial charge in [0.25, 0.3) is 0 Å². The first kappa shape index (κ1) is 15.0. The molecule has 0 saturated carbocycles. The van der Waals surface area contributed by atoms with Gasteiger partial charge in [-0.15, -0.1) is 0 Å². The zero-order chi connectivity index (χ0) is 16.7. The van der Waals surface area contributed by atoms with Crippen LogP contribution in [0, 0.1) is 6.92 Å². The van der Waals surface area contributed by atoms with Gasteiger partial charge in [-0.3, -0.25) is 14.3 Å². The van der Waals surface area contributed by atoms with Crippen LogP contribution in [0.2, 0.25) is 0 Å². The van der Waals surface area contributed by atoms with Crippen molar-refractivity contribution < 1.29 is 4.79 Å². The predicted molar refractivity (Wildman–Crippen MR) is 85.0 cm³/mol. The fraction of sp³-hybridized carbons (Fsp3) is 0.250. The number of nitrogens with zero attached hydrogens (tertiary/aromatic N) is 3. The number of imidazole rings is 1. The molecule has 23 heavy (non-hydrogen) atoms. The number of fused-ring (bicyclic) bond motifs is 1. The molecule has 1 atom stereocenters. The number of ketones is 1. The Morgan fingerprint density at radius 3 is 2.48 bits per heavy atom. The van der Waals surface area contributed by atoms with E-state index < -0.39 is 17.3 Å². The van der Waals surface area contributed by atoms with E-state index in [1.54, 1.807) is 19.1 Å². The summed E-state index contributed by atoms with van der Waals surface area (Å²) in [6.07, 6.45) is 1.46. The Balaban J connectivity index is 2.11. The summed E-state index contributed by atoms with van der Waals surface area (Å²) in [6.45, 7) is 3.67. The molecule has 0 saturated heterocycles. The lowest BCUT2D eigenvalue weighted by Gasteiger charge is -2.10. The van der Waals surface area contributed by atoms with Crippen molar-refractivity contribution in [2.45, 2.75) is 19.8 Å². The number of Topliss-reactive ketones (excluding diaryl/α,β-unsaturated/α-hetero) is 1. The molecule has 0 aliphatic heterocycles. The molecule has 0 spiro atoms. The molecular formula is C16H16N4O3. The van der Waals surface area contributed by atoms with E-state index >= 15 is 0 Å². The summed E-state index contributed by atoms with van der Waals surface area (Å²) >= 11 is 0. The largest absolute Gasteiger partial charge is 0.336 e. The fourth-order valence-electron chi connectivity index (χ4n) is 2.53. The third kappa shape index (κ3) is 2.40. The molecule has 0 aliphatic rings. The molecular weight excluding hydrogens is 296 g/mol. The van der Waals surface area contributed by atoms with Crippen LogP contribution in [0.3, 0.4) is 0 Å². The molecule has 0 bridgehead atoms. The van der Waals surface area contributed by atoms with E-state index in [1.807, 2.05) is 19.1 Å². The topological polar surface area (TPSA) is 89.2 Å². The minimum atomic E-state index is -0.598. The lowest BCUT2D eigenvalue weighted by molar-refractivity contribution is 0.0964. The number of H-pyrrole nitrogens is 1. The minimum absolute atomic E-state index is 0.111. The molecule has 2 aromatic heterocycles. The number of rotatable bonds is 3. The van der Waals surface area contributed by atoms with Gasteiger partial charge in [-0.1, -0.05) is 29.8 Å². The number of aryl methyl sites for hydroxylation is 2. The first-order valence-electron chi connectivity index (χ1n) is 7.17. The average Bonchev–Trinajstić information content (AvgIpc) is 2.97. The number of benzene rings is 1. The van der Waals surface area contributed by atoms with Crippen LogP contribution >= 0.6 is 0 Å². The molecule has 2 heterocycles. The van der Waals surface area contributed by atoms with Crippen LogP contribution in [0.4, 0.5) is 0 Å². The van der Waals surface area contributed by atoms with E-state index in [1.165, 1.54) is 22.2 Å². The number of hydrogen-bond donors (Lipinski definition) is 1. The van der Waals surface area contributed by atoms with E-state index in [9.17, 15) is 14.4 Å². The highest BCUT2D eigenvalue weighted by atomic mass is 16.2. The van der Waals surface area contributed by atoms with E-state index in [-0.39, 0.29) is 11.6 Å². The van der Waals surface area contributed by atoms with Crippen LogP contribution in [-0.2, 0) is 7.05 Å². The molecule has 0 unspecified atom stereocenters. The maximum Gasteiger partial charge on any atom is 0.336 e. The lowest BCUT2D eigenvalue weighted by Crippen LogP contribution is -2.34. The van der Waals surface area contributed by atoms with Crippen molar-refractivity contribution in [3.8, 4) is 0 Å². The zero-order valence-electron chi connectivity index (χ0n) is 13.0. The lowest BCUT2D eigenvalue weighted by atomic mass is 9.96. The summed E-state index contributed by atoms with van der Waals surface area (Å²) < 4.78 is 2.49. The zero-order valence-corrected chi connectivity index (χ0v) is 13.0. The summed E-state index contributed by atoms with van der Waals surface area (Å²) in [5.74, 6) is -0.469. The number of carbonyl (C=O) groups excluding carboxylic acids is 1. The Morgan fingerprint density at radius 2 is 1.83 bits per heavy atom. The van der Waals surface area contributed by atoms with Crippen molar-refractivity contribution in [2.75, 3.05) is 0 Å². The highest BCUT2D eigenvalue weighted by Crippen LogP contribution is 2.20. The SMILES string of the molecule is Cc1ccc(C(=O)[C@@H](C)c2cnc3n(C)c(=O)[nH]c(=O)n23)cc1. The quantitative estimate of drug-likeness (QED) is 0.731. The molecule has 0 radical (unpaired) electrons. The Kier molecular flexibility index (Phi) is 3.48. The van der Waals surface area contributed by atoms with Crippen molar-refractivity contribution in [3.63, 3.8) is 0 Å². The van der Waals surface area contributed by atoms with E-state index in [2.05, 4.69) is 9.97 Å². The molecule has 0 aliphatic carbocycles. The van der Waals surface area contributed by atoms with Crippen molar-refractivity contribution in [2.24, 2.45) is 7.05 Å². The number of aromatic nitrogens is 4. The summed E-state index contributed by atoms with van der Waals surface area (Å²) in [5.41, 5.74) is 0.938. The normalized spacial score (nSPS) is 12.5. The van der Waals surface area contributed by atoms with Crippen LogP contribution in [0.15, 0.2) is 40.1 Å². The third-order valence-corrected chi connectivity index (χ3v) is 3.97. The van der Waals surface area contributed by atoms with Gasteiger partial charge in [0.15, 0.2) is 5.78 Å². The van der Waals surface area contributed by atoms with Gasteiger partial charge in [0.2, 0.25) is 5.78 Å². The van der Waals surface area contributed by atoms with E-state index in [0.717, 1.165) is 5.56 Å². The van der Waals surface area contributed by atoms with E-state index in [4.69, 9.17) is 0 Å². The van der Waals surface area contributed by atoms with Crippen molar-refractivity contribution in [1.29, 1.82) is 0 Å². The monoisotopic (exact) mass is 312 g/mol. The van der Waals surface area contributed by atoms with Gasteiger partial charge in [0, 0.05) is 12.6 Å². The van der Waals surface area contributed by atoms with Crippen molar-refractivity contribution in [3.05, 3.63) is 68.3 Å². The Bertz CT molecular complexity index is 1010. The summed E-state index contributed by atoms with van der Waals surface area (Å²) in [5, 5.41) is 0. The van der Waals surface area contributed by atoms with Gasteiger partial charge in [-0.25, -0.2) is 19.0 Å². The first-order valence-corrected chi connectivity index (χ1v) is 7.17. The van der Waals surface area contributed by atoms with Gasteiger partial charge < -0.3 is 0 Å². The number of aromatic amines is 1. The Morgan fingerprint density at radius 1 is 1.17 bits per heavy atom. The fourth-order valence-corrected chi connectivity index (χ4v) is 2.53. The molecule has 7 heteroatoms. The standard InChI is InChI=1S/C16H16N4O3/c1-9-4-6-11(7-5-9)13(21)10(2)12-8-17-14-19(3)15(22)18-16(23)20(12)14/h4-8,10H,1-3H3,(H,18,22,23)/t10-/m0/s1. The molecule has 0 amide bonds. The molecule has 1 N–H and O–H groups in total. The Labute approximate surface area is 131 Å². The van der Waals surface area contributed by atoms with E-state index in [0.29, 0.717) is 11.3 Å². The second-order valence-electron chi connectivity index (χ2n) is 5.56. The average molecular weight is 312 g/mol. The second kappa shape index (κ2) is 5.35. The van der Waals surface area contributed by atoms with Crippen LogP contribution in [0.1, 0.15) is 34.5 Å². The Hall–Kier alpha value is -2.96. The highest BCUT2D eigenvalue weighted by molar-refractivity contribution is 6.00. The van der Waals surface area contributed by atoms with Crippen LogP contribution in [0.5, 0.6) is 0 Å². The van der Waals surface area contributed by atoms with Crippen LogP contribution in [-0.4, -0.2) is 24.7 Å². The summed E-state index contributed by atoms with van der Waals surface area (Å²) in [6, 6.07) is 7.25. The van der Waals surface area contributed by atoms with Gasteiger partial charge in [0.05, 0.1) is 17.8 Å². The molecule has 118 valence electrons. The molecule has 3 aromatic rings. The number of hydrogen-bond acceptors (Lipinski definition) is 4. The molecule has 0 fully saturated rings. The molecule has 3 rings (SSSR count). The molecule has 1 aromatic carbocycles. The second-order valence-corrected chi connectivity index (χ2v) is 5.56. The maximum atomic E-state index is 12.6. The highest BCUT2D eigenvalue weighted by Gasteiger charge is 2.22. The van der Waals surface area contributed by atoms with Gasteiger partial charge in [-0.2, -0.15) is 0 Å². The van der Waals surface area contributed by atoms with Crippen LogP contribution in [0.25, 0.3) is 5.78 Å². The summed E-state index contributed by atoms with van der Waals surface area (Å²) in [7, 11) is 1.51. The third-order valence-electron chi connectivity index (χ3n) is 3.97. The number of nitrogens with one attached hydrogen (secondary N) is 1. The van der Waals surface area contributed by atoms with Gasteiger partial charge >= 0.3 is 11.4 Å². The van der Waals surface area contributed by atoms with Crippen molar-refractivity contribution >= 4 is 11.6 Å². The minimum Gasteiger partial charge on any atom is -0.293 e. The summed E-state index contributed by atoms with van der Waals surface area (Å²) in [4.78, 5) is 42.6. The van der Waals surface area contributed by atoms with Crippen LogP contribution < -0.4 is 11.4 Å².